The maximum absolute atomic E-state index is 12.9. The summed E-state index contributed by atoms with van der Waals surface area (Å²) in [4.78, 5) is 2.28. The molecule has 0 saturated carbocycles. The summed E-state index contributed by atoms with van der Waals surface area (Å²) >= 11 is 6.13. The van der Waals surface area contributed by atoms with Gasteiger partial charge in [0, 0.05) is 83.9 Å². The second-order valence-electron chi connectivity index (χ2n) is 21.1. The highest BCUT2D eigenvalue weighted by Crippen LogP contribution is 2.54. The summed E-state index contributed by atoms with van der Waals surface area (Å²) < 4.78 is 169. The van der Waals surface area contributed by atoms with Crippen LogP contribution in [0.3, 0.4) is 0 Å². The van der Waals surface area contributed by atoms with Crippen LogP contribution < -0.4 is 21.2 Å². The zero-order valence-electron chi connectivity index (χ0n) is 51.1. The molecule has 6 rings (SSSR count). The summed E-state index contributed by atoms with van der Waals surface area (Å²) in [6.45, 7) is 8.38. The fraction of sp³-hybridized carbons (Fsp3) is 0.600. The Morgan fingerprint density at radius 3 is 1.32 bits per heavy atom. The number of rotatable bonds is 37. The van der Waals surface area contributed by atoms with Gasteiger partial charge < -0.3 is 59.8 Å². The van der Waals surface area contributed by atoms with Crippen LogP contribution in [0.2, 0.25) is 0 Å². The third kappa shape index (κ3) is 27.1. The quantitative estimate of drug-likeness (QED) is 0.00825. The molecule has 0 bridgehead atoms. The molecule has 4 aromatic carbocycles. The number of benzene rings is 4. The SMILES string of the molecule is COCOc1ccc(C2(C)CSc3cc(OCOC)ccc3C2CCCOCCOCCSCCCC(F)(F)C(F)(F)F)cc1.C[C@]1(c2ccc(O)cc2)CSc2cc(O)ccc2[C@H]1CCCOCCOCCSCCCC(F)(F)C(F)(F)F.Cl.N/N=N/N=N/N. The van der Waals surface area contributed by atoms with Gasteiger partial charge in [-0.3, -0.25) is 0 Å². The maximum atomic E-state index is 12.9. The third-order valence-corrected chi connectivity index (χ3v) is 19.5. The molecule has 16 nitrogen and oxygen atoms in total. The predicted molar refractivity (Wildman–Crippen MR) is 338 cm³/mol. The summed E-state index contributed by atoms with van der Waals surface area (Å²) in [5.74, 6) is 5.33. The number of halogens is 11. The molecule has 0 spiro atoms. The van der Waals surface area contributed by atoms with Crippen molar-refractivity contribution in [2.45, 2.75) is 122 Å². The van der Waals surface area contributed by atoms with Gasteiger partial charge in [0.1, 0.15) is 23.0 Å². The molecular formula is C60H83ClF10N6O10S4. The van der Waals surface area contributed by atoms with Gasteiger partial charge in [0.15, 0.2) is 13.6 Å². The number of nitrogens with zero attached hydrogens (tertiary/aromatic N) is 4. The molecule has 2 aliphatic heterocycles. The first kappa shape index (κ1) is 80.9. The molecule has 0 aromatic heterocycles. The van der Waals surface area contributed by atoms with E-state index in [1.807, 2.05) is 54.2 Å². The molecule has 4 atom stereocenters. The van der Waals surface area contributed by atoms with Crippen LogP contribution in [-0.2, 0) is 39.3 Å². The van der Waals surface area contributed by atoms with Crippen molar-refractivity contribution in [3.8, 4) is 23.0 Å². The van der Waals surface area contributed by atoms with Crippen molar-refractivity contribution in [3.05, 3.63) is 107 Å². The van der Waals surface area contributed by atoms with E-state index in [-0.39, 0.29) is 84.5 Å². The lowest BCUT2D eigenvalue weighted by molar-refractivity contribution is -0.284. The molecule has 0 aliphatic carbocycles. The zero-order chi connectivity index (χ0) is 66.1. The average Bonchev–Trinajstić information content (AvgIpc) is 0.787. The number of hydrogen-bond donors (Lipinski definition) is 4. The van der Waals surface area contributed by atoms with E-state index in [1.54, 1.807) is 44.2 Å². The van der Waals surface area contributed by atoms with E-state index in [1.165, 1.54) is 45.1 Å². The molecule has 2 unspecified atom stereocenters. The fourth-order valence-electron chi connectivity index (χ4n) is 9.83. The molecule has 31 heteroatoms. The Hall–Kier alpha value is -4.37. The summed E-state index contributed by atoms with van der Waals surface area (Å²) in [7, 11) is 3.18. The number of methoxy groups -OCH3 is 2. The van der Waals surface area contributed by atoms with Crippen LogP contribution >= 0.6 is 59.5 Å². The lowest BCUT2D eigenvalue weighted by atomic mass is 9.68. The first-order chi connectivity index (χ1) is 42.9. The predicted octanol–water partition coefficient (Wildman–Crippen LogP) is 16.1. The van der Waals surface area contributed by atoms with E-state index in [0.717, 1.165) is 59.1 Å². The number of alkyl halides is 10. The molecule has 2 heterocycles. The second-order valence-corrected chi connectivity index (χ2v) is 25.6. The molecule has 4 aromatic rings. The van der Waals surface area contributed by atoms with Gasteiger partial charge in [0.05, 0.1) is 39.6 Å². The molecule has 6 N–H and O–H groups in total. The highest BCUT2D eigenvalue weighted by Gasteiger charge is 2.57. The second kappa shape index (κ2) is 41.5. The van der Waals surface area contributed by atoms with Crippen molar-refractivity contribution in [1.29, 1.82) is 0 Å². The first-order valence-corrected chi connectivity index (χ1v) is 33.1. The highest BCUT2D eigenvalue weighted by molar-refractivity contribution is 8.00. The van der Waals surface area contributed by atoms with Crippen molar-refractivity contribution in [1.82, 2.24) is 0 Å². The van der Waals surface area contributed by atoms with Crippen LogP contribution in [0.15, 0.2) is 116 Å². The van der Waals surface area contributed by atoms with Gasteiger partial charge in [-0.05, 0) is 143 Å². The van der Waals surface area contributed by atoms with E-state index in [2.05, 4.69) is 70.7 Å². The lowest BCUT2D eigenvalue weighted by Crippen LogP contribution is -2.36. The van der Waals surface area contributed by atoms with Crippen LogP contribution in [0.4, 0.5) is 43.9 Å². The van der Waals surface area contributed by atoms with E-state index in [0.29, 0.717) is 64.4 Å². The summed E-state index contributed by atoms with van der Waals surface area (Å²) in [5.41, 5.74) is 4.57. The van der Waals surface area contributed by atoms with E-state index in [4.69, 9.17) is 37.9 Å². The number of hydrogen-bond acceptors (Lipinski definition) is 16. The number of nitrogens with two attached hydrogens (primary N) is 2. The Bertz CT molecular complexity index is 2720. The minimum atomic E-state index is -5.49. The van der Waals surface area contributed by atoms with Crippen LogP contribution in [0.5, 0.6) is 23.0 Å². The Morgan fingerprint density at radius 2 is 0.890 bits per heavy atom. The monoisotopic (exact) mass is 1400 g/mol. The normalized spacial score (nSPS) is 18.4. The van der Waals surface area contributed by atoms with Gasteiger partial charge in [0.2, 0.25) is 0 Å². The molecule has 514 valence electrons. The number of ether oxygens (including phenoxy) is 8. The minimum Gasteiger partial charge on any atom is -0.508 e. The molecule has 2 aliphatic rings. The molecule has 0 saturated heterocycles. The van der Waals surface area contributed by atoms with Gasteiger partial charge in [-0.25, -0.2) is 0 Å². The van der Waals surface area contributed by atoms with Gasteiger partial charge in [-0.2, -0.15) is 67.4 Å². The Morgan fingerprint density at radius 1 is 0.505 bits per heavy atom. The van der Waals surface area contributed by atoms with Gasteiger partial charge >= 0.3 is 24.2 Å². The van der Waals surface area contributed by atoms with Crippen molar-refractivity contribution in [3.63, 3.8) is 0 Å². The van der Waals surface area contributed by atoms with Crippen molar-refractivity contribution in [2.24, 2.45) is 32.6 Å². The first-order valence-electron chi connectivity index (χ1n) is 28.8. The van der Waals surface area contributed by atoms with Crippen LogP contribution in [-0.4, -0.2) is 150 Å². The fourth-order valence-corrected chi connectivity index (χ4v) is 14.2. The Balaban J connectivity index is 0.000000435. The number of phenolic OH excluding ortho intramolecular Hbond substituents is 2. The summed E-state index contributed by atoms with van der Waals surface area (Å²) in [6.07, 6.45) is -10.3. The van der Waals surface area contributed by atoms with Crippen LogP contribution in [0.25, 0.3) is 0 Å². The van der Waals surface area contributed by atoms with Crippen molar-refractivity contribution >= 4 is 59.5 Å². The average molecular weight is 1400 g/mol. The molecular weight excluding hydrogens is 1320 g/mol. The molecule has 0 fully saturated rings. The Kier molecular flexibility index (Phi) is 36.8. The smallest absolute Gasteiger partial charge is 0.453 e. The number of phenols is 2. The number of thioether (sulfide) groups is 4. The standard InChI is InChI=1S/C32H43F5O6S2.C28H35F5O4S2.ClH.H4N6/c1-30(24-7-9-25(10-8-24)42-22-38-2)21-45-29-20-26(43-23-39-3)11-12-27(29)28(30)6-4-14-40-15-16-41-17-19-44-18-5-13-31(33,34)32(35,36)37;1-26(20-5-7-21(34)8-6-20)19-39-25-18-22(35)9-10-23(25)24(26)4-2-12-36-13-14-37-15-17-38-16-3-11-27(29,30)28(31,32)33;;1-3-5-6-4-2/h7-12,20,28H,4-6,13-19,21-23H2,1-3H3;5-10,18,24,34-35H,2-4,11-17,19H2,1H3;1H;(H2,1,4,5)(H2,2,3,6)/t;24-,26-;;/m.1../s1. The number of fused-ring (bicyclic) bond motifs is 2. The van der Waals surface area contributed by atoms with E-state index in [9.17, 15) is 54.1 Å². The zero-order valence-corrected chi connectivity index (χ0v) is 55.2. The Labute approximate surface area is 548 Å². The van der Waals surface area contributed by atoms with Crippen LogP contribution in [0.1, 0.15) is 99.3 Å². The van der Waals surface area contributed by atoms with Crippen LogP contribution in [0, 0.1) is 0 Å². The highest BCUT2D eigenvalue weighted by atomic mass is 35.5. The molecule has 0 radical (unpaired) electrons. The van der Waals surface area contributed by atoms with Gasteiger partial charge in [0.25, 0.3) is 0 Å². The third-order valence-electron chi connectivity index (χ3n) is 14.6. The van der Waals surface area contributed by atoms with Gasteiger partial charge in [-0.15, -0.1) is 35.9 Å². The van der Waals surface area contributed by atoms with Crippen molar-refractivity contribution in [2.75, 3.05) is 115 Å². The largest absolute Gasteiger partial charge is 0.508 e. The summed E-state index contributed by atoms with van der Waals surface area (Å²) in [5, 5.41) is 30.8. The molecule has 0 amide bonds. The number of aromatic hydroxyl groups is 2. The lowest BCUT2D eigenvalue weighted by Gasteiger charge is -2.43. The topological polar surface area (TPSA) is 216 Å². The van der Waals surface area contributed by atoms with Crippen molar-refractivity contribution < 1.29 is 92.0 Å². The summed E-state index contributed by atoms with van der Waals surface area (Å²) in [6, 6.07) is 27.3. The molecule has 91 heavy (non-hydrogen) atoms. The van der Waals surface area contributed by atoms with Gasteiger partial charge in [-0.1, -0.05) is 60.7 Å². The van der Waals surface area contributed by atoms with E-state index >= 15 is 0 Å². The minimum absolute atomic E-state index is 0. The maximum Gasteiger partial charge on any atom is 0.453 e. The van der Waals surface area contributed by atoms with E-state index < -0.39 is 37.0 Å².